The second-order valence-corrected chi connectivity index (χ2v) is 10.9. The van der Waals surface area contributed by atoms with Crippen LogP contribution in [0.15, 0.2) is 81.9 Å². The number of hydrogen-bond acceptors (Lipinski definition) is 8. The lowest BCUT2D eigenvalue weighted by Gasteiger charge is -2.18. The van der Waals surface area contributed by atoms with Crippen LogP contribution >= 0.6 is 0 Å². The molecular formula is C32H36F3N7O4. The first kappa shape index (κ1) is 33.6. The number of nitrogens with zero attached hydrogens (tertiary/aromatic N) is 3. The Balaban J connectivity index is 1.44. The molecule has 0 aliphatic heterocycles. The van der Waals surface area contributed by atoms with Crippen LogP contribution in [0.3, 0.4) is 0 Å². The van der Waals surface area contributed by atoms with Crippen molar-refractivity contribution in [3.8, 4) is 17.0 Å². The average Bonchev–Trinajstić information content (AvgIpc) is 3.01. The van der Waals surface area contributed by atoms with E-state index in [1.807, 2.05) is 30.3 Å². The van der Waals surface area contributed by atoms with Gasteiger partial charge in [0.2, 0.25) is 5.91 Å². The highest BCUT2D eigenvalue weighted by atomic mass is 19.4. The molecule has 6 N–H and O–H groups in total. The zero-order valence-electron chi connectivity index (χ0n) is 25.6. The molecule has 0 saturated heterocycles. The van der Waals surface area contributed by atoms with Gasteiger partial charge in [-0.05, 0) is 68.2 Å². The maximum Gasteiger partial charge on any atom is 0.416 e. The third-order valence-corrected chi connectivity index (χ3v) is 6.99. The number of methoxy groups -OCH3 is 1. The Labute approximate surface area is 263 Å². The lowest BCUT2D eigenvalue weighted by molar-refractivity contribution is -0.137. The number of amidine groups is 1. The van der Waals surface area contributed by atoms with E-state index in [0.717, 1.165) is 39.2 Å². The summed E-state index contributed by atoms with van der Waals surface area (Å²) in [6.45, 7) is 3.57. The third-order valence-electron chi connectivity index (χ3n) is 6.99. The highest BCUT2D eigenvalue weighted by molar-refractivity contribution is 5.97. The van der Waals surface area contributed by atoms with Gasteiger partial charge < -0.3 is 31.7 Å². The number of anilines is 2. The molecular weight excluding hydrogens is 603 g/mol. The number of amides is 1. The summed E-state index contributed by atoms with van der Waals surface area (Å²) in [6, 6.07) is 10.2. The van der Waals surface area contributed by atoms with Crippen LogP contribution in [0.4, 0.5) is 24.7 Å². The molecule has 1 amide bonds. The molecule has 0 unspecified atom stereocenters. The van der Waals surface area contributed by atoms with Crippen LogP contribution in [0.2, 0.25) is 0 Å². The van der Waals surface area contributed by atoms with Crippen molar-refractivity contribution in [3.63, 3.8) is 0 Å². The minimum absolute atomic E-state index is 0.000657. The molecule has 1 heterocycles. The van der Waals surface area contributed by atoms with Crippen LogP contribution in [0.1, 0.15) is 37.8 Å². The zero-order chi connectivity index (χ0) is 33.4. The average molecular weight is 640 g/mol. The van der Waals surface area contributed by atoms with Gasteiger partial charge in [0.25, 0.3) is 5.56 Å². The molecule has 46 heavy (non-hydrogen) atoms. The molecule has 1 aromatic heterocycles. The number of aromatic nitrogens is 2. The normalized spacial score (nSPS) is 13.6. The molecule has 0 spiro atoms. The number of oxime groups is 1. The largest absolute Gasteiger partial charge is 0.497 e. The van der Waals surface area contributed by atoms with E-state index < -0.39 is 29.8 Å². The van der Waals surface area contributed by atoms with Gasteiger partial charge in [0, 0.05) is 23.8 Å². The van der Waals surface area contributed by atoms with Crippen molar-refractivity contribution in [1.82, 2.24) is 14.9 Å². The van der Waals surface area contributed by atoms with Crippen molar-refractivity contribution in [3.05, 3.63) is 93.4 Å². The minimum atomic E-state index is -4.66. The van der Waals surface area contributed by atoms with Crippen LogP contribution in [-0.4, -0.2) is 41.0 Å². The Morgan fingerprint density at radius 2 is 1.87 bits per heavy atom. The van der Waals surface area contributed by atoms with Crippen LogP contribution in [-0.2, 0) is 29.0 Å². The van der Waals surface area contributed by atoms with Gasteiger partial charge in [-0.1, -0.05) is 35.0 Å². The van der Waals surface area contributed by atoms with E-state index in [4.69, 9.17) is 21.0 Å². The van der Waals surface area contributed by atoms with Crippen molar-refractivity contribution < 1.29 is 27.5 Å². The van der Waals surface area contributed by atoms with E-state index in [1.165, 1.54) is 12.3 Å². The number of allylic oxidation sites excluding steroid dienone is 2. The number of carbonyl (C=O) groups is 1. The van der Waals surface area contributed by atoms with Gasteiger partial charge in [-0.25, -0.2) is 4.98 Å². The van der Waals surface area contributed by atoms with Crippen LogP contribution in [0.25, 0.3) is 11.3 Å². The molecule has 1 aliphatic carbocycles. The molecule has 0 saturated carbocycles. The third kappa shape index (κ3) is 8.89. The van der Waals surface area contributed by atoms with Gasteiger partial charge in [-0.3, -0.25) is 14.2 Å². The SMILES string of the molecule is COc1ccc(CO/N=C(\N)C2=CC=C(CNC(=O)Cn3c(-c4cc(N)cc(C(F)(F)F)c4)cnc(NC(C)C)c3=O)CC2)cc1. The fourth-order valence-corrected chi connectivity index (χ4v) is 4.62. The smallest absolute Gasteiger partial charge is 0.416 e. The van der Waals surface area contributed by atoms with Gasteiger partial charge in [-0.15, -0.1) is 0 Å². The second-order valence-electron chi connectivity index (χ2n) is 10.9. The maximum absolute atomic E-state index is 13.5. The van der Waals surface area contributed by atoms with Crippen LogP contribution in [0.5, 0.6) is 5.75 Å². The summed E-state index contributed by atoms with van der Waals surface area (Å²) in [7, 11) is 1.59. The Morgan fingerprint density at radius 3 is 2.50 bits per heavy atom. The predicted octanol–water partition coefficient (Wildman–Crippen LogP) is 4.59. The summed E-state index contributed by atoms with van der Waals surface area (Å²) in [4.78, 5) is 35.9. The Hall–Kier alpha value is -5.27. The number of alkyl halides is 3. The molecule has 0 atom stereocenters. The van der Waals surface area contributed by atoms with Crippen LogP contribution in [0, 0.1) is 0 Å². The molecule has 4 rings (SSSR count). The summed E-state index contributed by atoms with van der Waals surface area (Å²) in [5, 5.41) is 9.69. The van der Waals surface area contributed by atoms with E-state index in [2.05, 4.69) is 20.8 Å². The van der Waals surface area contributed by atoms with Crippen molar-refractivity contribution in [1.29, 1.82) is 0 Å². The fourth-order valence-electron chi connectivity index (χ4n) is 4.62. The highest BCUT2D eigenvalue weighted by Crippen LogP contribution is 2.34. The standard InChI is InChI=1S/C32H36F3N7O4/c1-19(2)40-30-31(44)42(27(16-39-30)23-12-24(32(33,34)35)14-25(36)13-23)17-28(43)38-15-20-4-8-22(9-5-20)29(37)41-46-18-21-6-10-26(45-3)11-7-21/h4,6-8,10-14,16,19H,5,9,15,17-18,36H2,1-3H3,(H2,37,41)(H,38,43)(H,39,40). The Kier molecular flexibility index (Phi) is 10.7. The van der Waals surface area contributed by atoms with Crippen molar-refractivity contribution >= 4 is 23.2 Å². The highest BCUT2D eigenvalue weighted by Gasteiger charge is 2.31. The number of nitrogens with one attached hydrogen (secondary N) is 2. The number of carbonyl (C=O) groups excluding carboxylic acids is 1. The topological polar surface area (TPSA) is 159 Å². The lowest BCUT2D eigenvalue weighted by Crippen LogP contribution is -2.36. The molecule has 14 heteroatoms. The van der Waals surface area contributed by atoms with Crippen LogP contribution < -0.4 is 32.4 Å². The Morgan fingerprint density at radius 1 is 1.13 bits per heavy atom. The number of nitrogens with two attached hydrogens (primary N) is 2. The van der Waals surface area contributed by atoms with E-state index in [1.54, 1.807) is 27.0 Å². The summed E-state index contributed by atoms with van der Waals surface area (Å²) in [6.07, 6.45) is 1.36. The first-order valence-corrected chi connectivity index (χ1v) is 14.4. The van der Waals surface area contributed by atoms with Gasteiger partial charge in [0.05, 0.1) is 24.6 Å². The summed E-state index contributed by atoms with van der Waals surface area (Å²) < 4.78 is 46.7. The number of rotatable bonds is 12. The number of benzene rings is 2. The summed E-state index contributed by atoms with van der Waals surface area (Å²) >= 11 is 0. The predicted molar refractivity (Wildman–Crippen MR) is 170 cm³/mol. The maximum atomic E-state index is 13.5. The van der Waals surface area contributed by atoms with E-state index in [-0.39, 0.29) is 47.8 Å². The Bertz CT molecular complexity index is 1710. The molecule has 0 radical (unpaired) electrons. The van der Waals surface area contributed by atoms with Crippen molar-refractivity contribution in [2.24, 2.45) is 10.9 Å². The summed E-state index contributed by atoms with van der Waals surface area (Å²) in [5.41, 5.74) is 12.7. The number of hydrogen-bond donors (Lipinski definition) is 4. The molecule has 2 aromatic carbocycles. The summed E-state index contributed by atoms with van der Waals surface area (Å²) in [5.74, 6) is 0.432. The first-order chi connectivity index (χ1) is 21.8. The molecule has 1 aliphatic rings. The second kappa shape index (κ2) is 14.7. The minimum Gasteiger partial charge on any atom is -0.497 e. The van der Waals surface area contributed by atoms with Gasteiger partial charge in [-0.2, -0.15) is 13.2 Å². The first-order valence-electron chi connectivity index (χ1n) is 14.4. The molecule has 0 fully saturated rings. The van der Waals surface area contributed by atoms with E-state index >= 15 is 0 Å². The lowest BCUT2D eigenvalue weighted by atomic mass is 9.98. The number of ether oxygens (including phenoxy) is 1. The zero-order valence-corrected chi connectivity index (χ0v) is 25.6. The number of nitrogen functional groups attached to an aromatic ring is 1. The van der Waals surface area contributed by atoms with Gasteiger partial charge >= 0.3 is 6.18 Å². The van der Waals surface area contributed by atoms with E-state index in [9.17, 15) is 22.8 Å². The van der Waals surface area contributed by atoms with Gasteiger partial charge in [0.1, 0.15) is 18.9 Å². The van der Waals surface area contributed by atoms with Crippen molar-refractivity contribution in [2.45, 2.75) is 52.1 Å². The quantitative estimate of drug-likeness (QED) is 0.0970. The monoisotopic (exact) mass is 639 g/mol. The van der Waals surface area contributed by atoms with E-state index in [0.29, 0.717) is 12.8 Å². The molecule has 0 bridgehead atoms. The fraction of sp³-hybridized carbons (Fsp3) is 0.312. The van der Waals surface area contributed by atoms with Gasteiger partial charge in [0.15, 0.2) is 11.7 Å². The molecule has 244 valence electrons. The molecule has 11 nitrogen and oxygen atoms in total. The van der Waals surface area contributed by atoms with Crippen molar-refractivity contribution in [2.75, 3.05) is 24.7 Å². The molecule has 3 aromatic rings. The number of halogens is 3.